The van der Waals surface area contributed by atoms with Gasteiger partial charge >= 0.3 is 0 Å². The van der Waals surface area contributed by atoms with Crippen molar-refractivity contribution in [1.29, 1.82) is 0 Å². The van der Waals surface area contributed by atoms with Gasteiger partial charge in [-0.05, 0) is 32.0 Å². The lowest BCUT2D eigenvalue weighted by Crippen LogP contribution is -2.19. The first-order chi connectivity index (χ1) is 10.9. The molecule has 1 aliphatic rings. The van der Waals surface area contributed by atoms with Crippen LogP contribution in [-0.4, -0.2) is 28.0 Å². The van der Waals surface area contributed by atoms with Crippen LogP contribution in [0.15, 0.2) is 54.6 Å². The van der Waals surface area contributed by atoms with E-state index >= 15 is 0 Å². The maximum absolute atomic E-state index is 4.88. The summed E-state index contributed by atoms with van der Waals surface area (Å²) >= 11 is 0. The van der Waals surface area contributed by atoms with Crippen LogP contribution in [0.4, 0.5) is 0 Å². The zero-order chi connectivity index (χ0) is 14.8. The van der Waals surface area contributed by atoms with E-state index in [-0.39, 0.29) is 0 Å². The fourth-order valence-electron chi connectivity index (χ4n) is 3.13. The number of rotatable bonds is 3. The van der Waals surface area contributed by atoms with Gasteiger partial charge in [0.15, 0.2) is 5.82 Å². The third-order valence-electron chi connectivity index (χ3n) is 4.29. The topological polar surface area (TPSA) is 29.0 Å². The van der Waals surface area contributed by atoms with Crippen molar-refractivity contribution in [3.05, 3.63) is 60.3 Å². The van der Waals surface area contributed by atoms with Crippen molar-refractivity contribution in [1.82, 2.24) is 14.9 Å². The van der Waals surface area contributed by atoms with Gasteiger partial charge in [-0.3, -0.25) is 4.90 Å². The minimum absolute atomic E-state index is 0.827. The summed E-state index contributed by atoms with van der Waals surface area (Å²) < 4.78 is 0. The number of para-hydroxylation sites is 1. The fourth-order valence-corrected chi connectivity index (χ4v) is 3.13. The maximum atomic E-state index is 4.88. The van der Waals surface area contributed by atoms with Gasteiger partial charge in [0.2, 0.25) is 0 Å². The van der Waals surface area contributed by atoms with Crippen LogP contribution in [-0.2, 0) is 6.54 Å². The molecule has 0 aliphatic carbocycles. The summed E-state index contributed by atoms with van der Waals surface area (Å²) in [6, 6.07) is 18.6. The number of nitrogens with zero attached hydrogens (tertiary/aromatic N) is 3. The van der Waals surface area contributed by atoms with Crippen molar-refractivity contribution >= 4 is 10.9 Å². The summed E-state index contributed by atoms with van der Waals surface area (Å²) in [5.74, 6) is 0.827. The molecule has 0 unspecified atom stereocenters. The van der Waals surface area contributed by atoms with Gasteiger partial charge < -0.3 is 0 Å². The quantitative estimate of drug-likeness (QED) is 0.732. The molecule has 110 valence electrons. The molecule has 22 heavy (non-hydrogen) atoms. The van der Waals surface area contributed by atoms with Gasteiger partial charge in [0.1, 0.15) is 0 Å². The minimum atomic E-state index is 0.827. The highest BCUT2D eigenvalue weighted by Gasteiger charge is 2.15. The van der Waals surface area contributed by atoms with E-state index in [1.807, 2.05) is 24.3 Å². The van der Waals surface area contributed by atoms with Gasteiger partial charge in [-0.1, -0.05) is 48.5 Å². The molecule has 3 aromatic rings. The average Bonchev–Trinajstić information content (AvgIpc) is 3.09. The highest BCUT2D eigenvalue weighted by Crippen LogP contribution is 2.23. The van der Waals surface area contributed by atoms with E-state index in [1.54, 1.807) is 0 Å². The van der Waals surface area contributed by atoms with E-state index in [1.165, 1.54) is 31.3 Å². The molecule has 2 heterocycles. The van der Waals surface area contributed by atoms with Crippen molar-refractivity contribution in [2.75, 3.05) is 13.1 Å². The van der Waals surface area contributed by atoms with Crippen molar-refractivity contribution in [2.24, 2.45) is 0 Å². The first-order valence-corrected chi connectivity index (χ1v) is 7.93. The smallest absolute Gasteiger partial charge is 0.160 e. The first-order valence-electron chi connectivity index (χ1n) is 7.93. The molecule has 1 aromatic heterocycles. The summed E-state index contributed by atoms with van der Waals surface area (Å²) in [4.78, 5) is 12.1. The Balaban J connectivity index is 1.82. The zero-order valence-electron chi connectivity index (χ0n) is 12.6. The van der Waals surface area contributed by atoms with Crippen LogP contribution >= 0.6 is 0 Å². The van der Waals surface area contributed by atoms with Gasteiger partial charge in [0.05, 0.1) is 11.2 Å². The summed E-state index contributed by atoms with van der Waals surface area (Å²) in [5, 5.41) is 1.18. The second-order valence-electron chi connectivity index (χ2n) is 5.86. The molecule has 3 nitrogen and oxygen atoms in total. The molecule has 3 heteroatoms. The third-order valence-corrected chi connectivity index (χ3v) is 4.29. The molecule has 0 atom stereocenters. The molecular formula is C19H19N3. The molecule has 0 spiro atoms. The number of hydrogen-bond acceptors (Lipinski definition) is 3. The van der Waals surface area contributed by atoms with Crippen LogP contribution in [0.25, 0.3) is 22.3 Å². The van der Waals surface area contributed by atoms with Crippen LogP contribution < -0.4 is 0 Å². The van der Waals surface area contributed by atoms with Crippen LogP contribution in [0.3, 0.4) is 0 Å². The van der Waals surface area contributed by atoms with Crippen molar-refractivity contribution in [2.45, 2.75) is 19.4 Å². The highest BCUT2D eigenvalue weighted by molar-refractivity contribution is 5.82. The van der Waals surface area contributed by atoms with E-state index in [0.29, 0.717) is 0 Å². The van der Waals surface area contributed by atoms with Gasteiger partial charge in [-0.25, -0.2) is 9.97 Å². The molecule has 0 radical (unpaired) electrons. The summed E-state index contributed by atoms with van der Waals surface area (Å²) in [7, 11) is 0. The Morgan fingerprint density at radius 1 is 0.818 bits per heavy atom. The Bertz CT molecular complexity index is 777. The van der Waals surface area contributed by atoms with Gasteiger partial charge in [0.25, 0.3) is 0 Å². The third kappa shape index (κ3) is 2.60. The Kier molecular flexibility index (Phi) is 3.57. The molecule has 1 saturated heterocycles. The number of hydrogen-bond donors (Lipinski definition) is 0. The number of likely N-dealkylation sites (tertiary alicyclic amines) is 1. The Morgan fingerprint density at radius 2 is 1.55 bits per heavy atom. The monoisotopic (exact) mass is 289 g/mol. The number of aromatic nitrogens is 2. The van der Waals surface area contributed by atoms with E-state index in [2.05, 4.69) is 35.2 Å². The predicted molar refractivity (Wildman–Crippen MR) is 89.5 cm³/mol. The van der Waals surface area contributed by atoms with Gasteiger partial charge in [0, 0.05) is 17.5 Å². The molecule has 1 aliphatic heterocycles. The Labute approximate surface area is 130 Å². The van der Waals surface area contributed by atoms with Crippen LogP contribution in [0.1, 0.15) is 18.5 Å². The summed E-state index contributed by atoms with van der Waals surface area (Å²) in [5.41, 5.74) is 3.26. The standard InChI is InChI=1S/C19H19N3/c1-2-8-15(9-3-1)19-20-17-11-5-4-10-16(17)18(21-19)14-22-12-6-7-13-22/h1-5,8-11H,6-7,12-14H2. The molecule has 0 amide bonds. The molecule has 2 aromatic carbocycles. The van der Waals surface area contributed by atoms with Gasteiger partial charge in [-0.15, -0.1) is 0 Å². The van der Waals surface area contributed by atoms with Crippen LogP contribution in [0.5, 0.6) is 0 Å². The second kappa shape index (κ2) is 5.85. The Morgan fingerprint density at radius 3 is 2.36 bits per heavy atom. The van der Waals surface area contributed by atoms with E-state index in [4.69, 9.17) is 9.97 Å². The van der Waals surface area contributed by atoms with Crippen molar-refractivity contribution in [3.63, 3.8) is 0 Å². The Hall–Kier alpha value is -2.26. The highest BCUT2D eigenvalue weighted by atomic mass is 15.1. The van der Waals surface area contributed by atoms with Crippen molar-refractivity contribution in [3.8, 4) is 11.4 Å². The first kappa shape index (κ1) is 13.4. The van der Waals surface area contributed by atoms with E-state index in [9.17, 15) is 0 Å². The molecule has 0 saturated carbocycles. The second-order valence-corrected chi connectivity index (χ2v) is 5.86. The van der Waals surface area contributed by atoms with E-state index < -0.39 is 0 Å². The number of benzene rings is 2. The largest absolute Gasteiger partial charge is 0.297 e. The SMILES string of the molecule is c1ccc(-c2nc(CN3CCCC3)c3ccccc3n2)cc1. The molecule has 1 fully saturated rings. The molecule has 0 N–H and O–H groups in total. The van der Waals surface area contributed by atoms with Crippen LogP contribution in [0, 0.1) is 0 Å². The normalized spacial score (nSPS) is 15.5. The van der Waals surface area contributed by atoms with Crippen molar-refractivity contribution < 1.29 is 0 Å². The lowest BCUT2D eigenvalue weighted by molar-refractivity contribution is 0.328. The lowest BCUT2D eigenvalue weighted by atomic mass is 10.1. The minimum Gasteiger partial charge on any atom is -0.297 e. The lowest BCUT2D eigenvalue weighted by Gasteiger charge is -2.16. The summed E-state index contributed by atoms with van der Waals surface area (Å²) in [6.45, 7) is 3.28. The molecule has 4 rings (SSSR count). The average molecular weight is 289 g/mol. The molecule has 0 bridgehead atoms. The summed E-state index contributed by atoms with van der Waals surface area (Å²) in [6.07, 6.45) is 2.60. The molecular weight excluding hydrogens is 270 g/mol. The zero-order valence-corrected chi connectivity index (χ0v) is 12.6. The maximum Gasteiger partial charge on any atom is 0.160 e. The van der Waals surface area contributed by atoms with Crippen LogP contribution in [0.2, 0.25) is 0 Å². The van der Waals surface area contributed by atoms with Gasteiger partial charge in [-0.2, -0.15) is 0 Å². The predicted octanol–water partition coefficient (Wildman–Crippen LogP) is 3.89. The van der Waals surface area contributed by atoms with E-state index in [0.717, 1.165) is 29.1 Å². The number of fused-ring (bicyclic) bond motifs is 1. The fraction of sp³-hybridized carbons (Fsp3) is 0.263.